The number of aromatic carboxylic acids is 1. The topological polar surface area (TPSA) is 129 Å². The molecule has 0 aliphatic rings. The second-order valence-corrected chi connectivity index (χ2v) is 6.10. The predicted molar refractivity (Wildman–Crippen MR) is 101 cm³/mol. The van der Waals surface area contributed by atoms with Crippen LogP contribution >= 0.6 is 0 Å². The van der Waals surface area contributed by atoms with Crippen LogP contribution in [0.2, 0.25) is 0 Å². The maximum atomic E-state index is 11.2. The van der Waals surface area contributed by atoms with Crippen LogP contribution in [0.4, 0.5) is 11.4 Å². The molecule has 0 radical (unpaired) electrons. The van der Waals surface area contributed by atoms with Gasteiger partial charge in [0.2, 0.25) is 0 Å². The molecule has 0 fully saturated rings. The number of carbonyl (C=O) groups is 1. The molecule has 28 heavy (non-hydrogen) atoms. The Bertz CT molecular complexity index is 1220. The van der Waals surface area contributed by atoms with Crippen molar-refractivity contribution in [1.29, 1.82) is 0 Å². The summed E-state index contributed by atoms with van der Waals surface area (Å²) in [7, 11) is 0. The van der Waals surface area contributed by atoms with Gasteiger partial charge in [0.05, 0.1) is 26.4 Å². The summed E-state index contributed by atoms with van der Waals surface area (Å²) >= 11 is 0. The number of carboxylic acid groups (broad SMARTS) is 1. The molecule has 0 unspecified atom stereocenters. The van der Waals surface area contributed by atoms with E-state index in [2.05, 4.69) is 0 Å². The molecular weight excluding hydrogens is 366 g/mol. The van der Waals surface area contributed by atoms with E-state index in [0.29, 0.717) is 27.5 Å². The van der Waals surface area contributed by atoms with Crippen LogP contribution in [0.5, 0.6) is 0 Å². The van der Waals surface area contributed by atoms with Crippen molar-refractivity contribution in [2.24, 2.45) is 0 Å². The Morgan fingerprint density at radius 3 is 1.64 bits per heavy atom. The third-order valence-electron chi connectivity index (χ3n) is 4.53. The van der Waals surface area contributed by atoms with Gasteiger partial charge in [-0.1, -0.05) is 0 Å². The first kappa shape index (κ1) is 17.2. The second-order valence-electron chi connectivity index (χ2n) is 6.10. The third-order valence-corrected chi connectivity index (χ3v) is 4.53. The van der Waals surface area contributed by atoms with E-state index < -0.39 is 15.8 Å². The molecule has 9 heteroatoms. The molecule has 1 aromatic heterocycles. The van der Waals surface area contributed by atoms with Crippen LogP contribution in [0, 0.1) is 20.2 Å². The van der Waals surface area contributed by atoms with Gasteiger partial charge in [0, 0.05) is 40.7 Å². The molecule has 138 valence electrons. The minimum absolute atomic E-state index is 0.121. The van der Waals surface area contributed by atoms with Crippen LogP contribution in [0.1, 0.15) is 10.4 Å². The van der Waals surface area contributed by atoms with E-state index in [1.165, 1.54) is 36.4 Å². The Balaban J connectivity index is 2.07. The molecule has 0 saturated carbocycles. The van der Waals surface area contributed by atoms with Gasteiger partial charge in [-0.3, -0.25) is 20.2 Å². The molecule has 3 aromatic carbocycles. The van der Waals surface area contributed by atoms with Crippen molar-refractivity contribution >= 4 is 39.1 Å². The minimum Gasteiger partial charge on any atom is -0.478 e. The minimum atomic E-state index is -1.06. The summed E-state index contributed by atoms with van der Waals surface area (Å²) in [5, 5.41) is 32.4. The zero-order valence-electron chi connectivity index (χ0n) is 14.1. The number of rotatable bonds is 4. The Morgan fingerprint density at radius 2 is 1.25 bits per heavy atom. The lowest BCUT2D eigenvalue weighted by Crippen LogP contribution is -1.98. The highest BCUT2D eigenvalue weighted by molar-refractivity contribution is 6.10. The van der Waals surface area contributed by atoms with Gasteiger partial charge in [0.25, 0.3) is 11.4 Å². The van der Waals surface area contributed by atoms with E-state index in [0.717, 1.165) is 0 Å². The van der Waals surface area contributed by atoms with Gasteiger partial charge in [-0.15, -0.1) is 0 Å². The smallest absolute Gasteiger partial charge is 0.335 e. The number of fused-ring (bicyclic) bond motifs is 3. The number of nitrogens with zero attached hydrogens (tertiary/aromatic N) is 3. The summed E-state index contributed by atoms with van der Waals surface area (Å²) in [4.78, 5) is 32.4. The summed E-state index contributed by atoms with van der Waals surface area (Å²) in [6.07, 6.45) is 0. The SMILES string of the molecule is O=C(O)c1ccc(-n2c3ccc([N+](=O)[O-])cc3c3cc([N+](=O)[O-])ccc32)cc1. The first-order valence-corrected chi connectivity index (χ1v) is 8.07. The fourth-order valence-corrected chi connectivity index (χ4v) is 3.26. The van der Waals surface area contributed by atoms with Gasteiger partial charge in [0.15, 0.2) is 0 Å². The maximum Gasteiger partial charge on any atom is 0.335 e. The van der Waals surface area contributed by atoms with E-state index in [9.17, 15) is 25.0 Å². The van der Waals surface area contributed by atoms with Crippen molar-refractivity contribution in [1.82, 2.24) is 4.57 Å². The first-order chi connectivity index (χ1) is 13.4. The zero-order chi connectivity index (χ0) is 20.0. The zero-order valence-corrected chi connectivity index (χ0v) is 14.1. The lowest BCUT2D eigenvalue weighted by atomic mass is 10.1. The third kappa shape index (κ3) is 2.62. The summed E-state index contributed by atoms with van der Waals surface area (Å²) in [5.74, 6) is -1.06. The number of non-ortho nitro benzene ring substituents is 2. The lowest BCUT2D eigenvalue weighted by molar-refractivity contribution is -0.385. The van der Waals surface area contributed by atoms with Crippen molar-refractivity contribution in [3.63, 3.8) is 0 Å². The maximum absolute atomic E-state index is 11.2. The Morgan fingerprint density at radius 1 is 0.786 bits per heavy atom. The van der Waals surface area contributed by atoms with Crippen molar-refractivity contribution in [3.8, 4) is 5.69 Å². The van der Waals surface area contributed by atoms with Gasteiger partial charge >= 0.3 is 5.97 Å². The van der Waals surface area contributed by atoms with Gasteiger partial charge in [0.1, 0.15) is 0 Å². The fourth-order valence-electron chi connectivity index (χ4n) is 3.26. The normalized spacial score (nSPS) is 11.0. The van der Waals surface area contributed by atoms with E-state index in [1.54, 1.807) is 28.8 Å². The highest BCUT2D eigenvalue weighted by atomic mass is 16.6. The Hall–Kier alpha value is -4.27. The van der Waals surface area contributed by atoms with Crippen LogP contribution in [-0.4, -0.2) is 25.5 Å². The number of nitro benzene ring substituents is 2. The molecule has 0 atom stereocenters. The number of benzene rings is 3. The molecule has 0 aliphatic heterocycles. The van der Waals surface area contributed by atoms with Crippen LogP contribution in [-0.2, 0) is 0 Å². The average Bonchev–Trinajstić information content (AvgIpc) is 3.00. The second kappa shape index (κ2) is 6.16. The lowest BCUT2D eigenvalue weighted by Gasteiger charge is -2.08. The Labute approximate surface area is 156 Å². The molecule has 9 nitrogen and oxygen atoms in total. The highest BCUT2D eigenvalue weighted by Gasteiger charge is 2.18. The number of hydrogen-bond acceptors (Lipinski definition) is 5. The Kier molecular flexibility index (Phi) is 3.78. The van der Waals surface area contributed by atoms with E-state index in [-0.39, 0.29) is 16.9 Å². The molecule has 0 spiro atoms. The first-order valence-electron chi connectivity index (χ1n) is 8.07. The van der Waals surface area contributed by atoms with Crippen molar-refractivity contribution in [2.75, 3.05) is 0 Å². The predicted octanol–water partition coefficient (Wildman–Crippen LogP) is 4.30. The monoisotopic (exact) mass is 377 g/mol. The largest absolute Gasteiger partial charge is 0.478 e. The van der Waals surface area contributed by atoms with Crippen molar-refractivity contribution in [3.05, 3.63) is 86.5 Å². The van der Waals surface area contributed by atoms with E-state index >= 15 is 0 Å². The molecule has 0 saturated heterocycles. The van der Waals surface area contributed by atoms with E-state index in [1.807, 2.05) is 0 Å². The number of carboxylic acids is 1. The van der Waals surface area contributed by atoms with Crippen molar-refractivity contribution < 1.29 is 19.7 Å². The van der Waals surface area contributed by atoms with Crippen LogP contribution in [0.3, 0.4) is 0 Å². The standard InChI is InChI=1S/C19H11N3O6/c23-19(24)11-1-3-12(4-2-11)20-17-7-5-13(21(25)26)9-15(17)16-10-14(22(27)28)6-8-18(16)20/h1-10H,(H,23,24). The molecule has 0 aliphatic carbocycles. The molecule has 4 aromatic rings. The highest BCUT2D eigenvalue weighted by Crippen LogP contribution is 2.36. The van der Waals surface area contributed by atoms with Crippen molar-refractivity contribution in [2.45, 2.75) is 0 Å². The van der Waals surface area contributed by atoms with Gasteiger partial charge in [-0.05, 0) is 36.4 Å². The molecule has 0 amide bonds. The number of nitro groups is 2. The number of hydrogen-bond donors (Lipinski definition) is 1. The summed E-state index contributed by atoms with van der Waals surface area (Å²) in [6.45, 7) is 0. The average molecular weight is 377 g/mol. The summed E-state index contributed by atoms with van der Waals surface area (Å²) in [6, 6.07) is 14.8. The number of aromatic nitrogens is 1. The van der Waals surface area contributed by atoms with E-state index in [4.69, 9.17) is 5.11 Å². The molecule has 4 rings (SSSR count). The quantitative estimate of drug-likeness (QED) is 0.417. The van der Waals surface area contributed by atoms with Crippen LogP contribution in [0.25, 0.3) is 27.5 Å². The van der Waals surface area contributed by atoms with Crippen LogP contribution in [0.15, 0.2) is 60.7 Å². The molecule has 0 bridgehead atoms. The molecular formula is C19H11N3O6. The fraction of sp³-hybridized carbons (Fsp3) is 0. The van der Waals surface area contributed by atoms with Crippen LogP contribution < -0.4 is 0 Å². The molecule has 1 N–H and O–H groups in total. The molecule has 1 heterocycles. The van der Waals surface area contributed by atoms with Gasteiger partial charge in [-0.25, -0.2) is 4.79 Å². The van der Waals surface area contributed by atoms with Gasteiger partial charge in [-0.2, -0.15) is 0 Å². The summed E-state index contributed by atoms with van der Waals surface area (Å²) < 4.78 is 1.78. The van der Waals surface area contributed by atoms with Gasteiger partial charge < -0.3 is 9.67 Å². The summed E-state index contributed by atoms with van der Waals surface area (Å²) in [5.41, 5.74) is 1.73.